The van der Waals surface area contributed by atoms with Crippen LogP contribution in [0.3, 0.4) is 0 Å². The van der Waals surface area contributed by atoms with Crippen LogP contribution in [0.2, 0.25) is 0 Å². The normalized spacial score (nSPS) is 9.62. The molecule has 0 heterocycles. The summed E-state index contributed by atoms with van der Waals surface area (Å²) in [4.78, 5) is 0. The first kappa shape index (κ1) is 11.9. The van der Waals surface area contributed by atoms with Crippen molar-refractivity contribution >= 4 is 13.3 Å². The molecule has 0 aliphatic heterocycles. The highest BCUT2D eigenvalue weighted by Crippen LogP contribution is 2.14. The molecule has 0 fully saturated rings. The van der Waals surface area contributed by atoms with Crippen LogP contribution in [-0.4, -0.2) is 7.85 Å². The Morgan fingerprint density at radius 2 is 0.846 bits per heavy atom. The highest BCUT2D eigenvalue weighted by atomic mass is 19.2. The molecule has 0 saturated carbocycles. The van der Waals surface area contributed by atoms with Gasteiger partial charge in [-0.3, -0.25) is 4.70 Å². The van der Waals surface area contributed by atoms with Crippen molar-refractivity contribution in [3.8, 4) is 0 Å². The zero-order valence-corrected chi connectivity index (χ0v) is 6.30. The average Bonchev–Trinajstić information content (AvgIpc) is 2.08. The minimum Gasteiger partial charge on any atom is -0.269 e. The summed E-state index contributed by atoms with van der Waals surface area (Å²) in [6, 6.07) is 0. The van der Waals surface area contributed by atoms with E-state index in [0.29, 0.717) is 0 Å². The van der Waals surface area contributed by atoms with Crippen LogP contribution in [0.25, 0.3) is 0 Å². The summed E-state index contributed by atoms with van der Waals surface area (Å²) in [6.07, 6.45) is 0. The molecule has 0 N–H and O–H groups in total. The van der Waals surface area contributed by atoms with E-state index in [2.05, 4.69) is 0 Å². The van der Waals surface area contributed by atoms with Gasteiger partial charge in [0.15, 0.2) is 29.1 Å². The van der Waals surface area contributed by atoms with Crippen molar-refractivity contribution in [3.63, 3.8) is 0 Å². The summed E-state index contributed by atoms with van der Waals surface area (Å²) in [6.45, 7) is 0. The molecule has 13 heavy (non-hydrogen) atoms. The van der Waals surface area contributed by atoms with Crippen molar-refractivity contribution in [1.29, 1.82) is 0 Å². The average molecular weight is 200 g/mol. The fourth-order valence-corrected chi connectivity index (χ4v) is 0.715. The topological polar surface area (TPSA) is 0 Å². The molecule has 1 aromatic carbocycles. The number of benzene rings is 1. The standard InChI is InChI=1S/C6H2BF5.FH/c7-1-2(8)4(10)6(12)5(11)3(1)9;/h7H2;1H. The molecule has 0 aromatic heterocycles. The first-order chi connectivity index (χ1) is 5.46. The Bertz CT molecular complexity index is 231. The second-order valence-corrected chi connectivity index (χ2v) is 2.19. The molecule has 0 spiro atoms. The summed E-state index contributed by atoms with van der Waals surface area (Å²) < 4.78 is 61.6. The quantitative estimate of drug-likeness (QED) is 0.251. The molecule has 0 radical (unpaired) electrons. The molecule has 7 heteroatoms. The smallest absolute Gasteiger partial charge is 0.200 e. The number of hydrogen-bond acceptors (Lipinski definition) is 0. The third kappa shape index (κ3) is 1.63. The van der Waals surface area contributed by atoms with Gasteiger partial charge in [-0.2, -0.15) is 0 Å². The van der Waals surface area contributed by atoms with E-state index >= 15 is 0 Å². The zero-order valence-electron chi connectivity index (χ0n) is 6.30. The lowest BCUT2D eigenvalue weighted by atomic mass is 9.94. The minimum absolute atomic E-state index is 0. The second-order valence-electron chi connectivity index (χ2n) is 2.19. The van der Waals surface area contributed by atoms with Gasteiger partial charge in [0.25, 0.3) is 0 Å². The third-order valence-corrected chi connectivity index (χ3v) is 1.43. The van der Waals surface area contributed by atoms with Gasteiger partial charge in [0, 0.05) is 0 Å². The lowest BCUT2D eigenvalue weighted by Gasteiger charge is -2.02. The van der Waals surface area contributed by atoms with Gasteiger partial charge in [-0.1, -0.05) is 0 Å². The largest absolute Gasteiger partial charge is 0.269 e. The van der Waals surface area contributed by atoms with Crippen molar-refractivity contribution in [3.05, 3.63) is 29.1 Å². The Labute approximate surface area is 70.1 Å². The Hall–Kier alpha value is -1.14. The van der Waals surface area contributed by atoms with Gasteiger partial charge < -0.3 is 0 Å². The molecule has 1 aromatic rings. The molecular formula is C6H3BF6. The van der Waals surface area contributed by atoms with Gasteiger partial charge in [0.2, 0.25) is 0 Å². The molecule has 0 atom stereocenters. The SMILES string of the molecule is Bc1c(F)c(F)c(F)c(F)c1F.F. The van der Waals surface area contributed by atoms with E-state index in [-0.39, 0.29) is 4.70 Å². The van der Waals surface area contributed by atoms with Gasteiger partial charge in [0.05, 0.1) is 0 Å². The predicted molar refractivity (Wildman–Crippen MR) is 36.9 cm³/mol. The van der Waals surface area contributed by atoms with Gasteiger partial charge in [-0.05, 0) is 5.46 Å². The fraction of sp³-hybridized carbons (Fsp3) is 0. The summed E-state index contributed by atoms with van der Waals surface area (Å²) in [5.74, 6) is -9.52. The summed E-state index contributed by atoms with van der Waals surface area (Å²) in [7, 11) is 0.816. The van der Waals surface area contributed by atoms with Crippen molar-refractivity contribution in [2.24, 2.45) is 0 Å². The molecule has 0 bridgehead atoms. The van der Waals surface area contributed by atoms with E-state index in [1.54, 1.807) is 0 Å². The van der Waals surface area contributed by atoms with Gasteiger partial charge in [-0.15, -0.1) is 0 Å². The maximum atomic E-state index is 12.4. The first-order valence-electron chi connectivity index (χ1n) is 2.94. The van der Waals surface area contributed by atoms with Gasteiger partial charge >= 0.3 is 0 Å². The van der Waals surface area contributed by atoms with Gasteiger partial charge in [-0.25, -0.2) is 22.0 Å². The lowest BCUT2D eigenvalue weighted by molar-refractivity contribution is 0.384. The van der Waals surface area contributed by atoms with Crippen LogP contribution in [0, 0.1) is 29.1 Å². The molecule has 0 amide bonds. The lowest BCUT2D eigenvalue weighted by Crippen LogP contribution is -2.20. The molecular weight excluding hydrogens is 197 g/mol. The van der Waals surface area contributed by atoms with Crippen LogP contribution in [0.1, 0.15) is 0 Å². The maximum Gasteiger partial charge on any atom is 0.200 e. The Morgan fingerprint density at radius 1 is 0.615 bits per heavy atom. The molecule has 0 saturated heterocycles. The van der Waals surface area contributed by atoms with Crippen LogP contribution in [0.4, 0.5) is 26.7 Å². The molecule has 0 aliphatic rings. The predicted octanol–water partition coefficient (Wildman–Crippen LogP) is 0.793. The Morgan fingerprint density at radius 3 is 1.15 bits per heavy atom. The van der Waals surface area contributed by atoms with Gasteiger partial charge in [0.1, 0.15) is 7.85 Å². The molecule has 0 nitrogen and oxygen atoms in total. The number of halogens is 6. The van der Waals surface area contributed by atoms with Crippen molar-refractivity contribution < 1.29 is 26.7 Å². The van der Waals surface area contributed by atoms with Crippen LogP contribution < -0.4 is 5.46 Å². The maximum absolute atomic E-state index is 12.4. The van der Waals surface area contributed by atoms with E-state index in [1.165, 1.54) is 0 Å². The molecule has 0 aliphatic carbocycles. The fourth-order valence-electron chi connectivity index (χ4n) is 0.715. The van der Waals surface area contributed by atoms with E-state index in [4.69, 9.17) is 0 Å². The molecule has 72 valence electrons. The van der Waals surface area contributed by atoms with E-state index in [1.807, 2.05) is 0 Å². The van der Waals surface area contributed by atoms with Crippen LogP contribution >= 0.6 is 0 Å². The Kier molecular flexibility index (Phi) is 3.39. The van der Waals surface area contributed by atoms with Crippen LogP contribution in [0.5, 0.6) is 0 Å². The monoisotopic (exact) mass is 200 g/mol. The van der Waals surface area contributed by atoms with Crippen molar-refractivity contribution in [2.45, 2.75) is 0 Å². The summed E-state index contributed by atoms with van der Waals surface area (Å²) in [5, 5.41) is 0. The van der Waals surface area contributed by atoms with Crippen LogP contribution in [0.15, 0.2) is 0 Å². The Balaban J connectivity index is 0.00000144. The number of hydrogen-bond donors (Lipinski definition) is 0. The van der Waals surface area contributed by atoms with Crippen molar-refractivity contribution in [1.82, 2.24) is 0 Å². The van der Waals surface area contributed by atoms with Crippen LogP contribution in [-0.2, 0) is 0 Å². The highest BCUT2D eigenvalue weighted by molar-refractivity contribution is 6.32. The molecule has 0 unspecified atom stereocenters. The first-order valence-corrected chi connectivity index (χ1v) is 2.94. The summed E-state index contributed by atoms with van der Waals surface area (Å²) >= 11 is 0. The second kappa shape index (κ2) is 3.72. The minimum atomic E-state index is -2.13. The molecule has 1 rings (SSSR count). The third-order valence-electron chi connectivity index (χ3n) is 1.43. The highest BCUT2D eigenvalue weighted by Gasteiger charge is 2.22. The summed E-state index contributed by atoms with van der Waals surface area (Å²) in [5.41, 5.74) is -0.869. The van der Waals surface area contributed by atoms with Crippen molar-refractivity contribution in [2.75, 3.05) is 0 Å². The van der Waals surface area contributed by atoms with E-state index in [0.717, 1.165) is 7.85 Å². The number of rotatable bonds is 0. The van der Waals surface area contributed by atoms with E-state index < -0.39 is 34.5 Å². The van der Waals surface area contributed by atoms with E-state index in [9.17, 15) is 22.0 Å². The zero-order chi connectivity index (χ0) is 9.46.